The van der Waals surface area contributed by atoms with E-state index in [9.17, 15) is 14.4 Å². The first kappa shape index (κ1) is 21.4. The van der Waals surface area contributed by atoms with Crippen molar-refractivity contribution >= 4 is 17.9 Å². The van der Waals surface area contributed by atoms with E-state index >= 15 is 0 Å². The predicted octanol–water partition coefficient (Wildman–Crippen LogP) is 3.96. The number of rotatable bonds is 7. The minimum absolute atomic E-state index is 0.136. The molecule has 0 bridgehead atoms. The lowest BCUT2D eigenvalue weighted by Gasteiger charge is -2.53. The van der Waals surface area contributed by atoms with Gasteiger partial charge in [-0.15, -0.1) is 0 Å². The maximum Gasteiger partial charge on any atom is 0.335 e. The molecular weight excluding hydrogens is 384 g/mol. The highest BCUT2D eigenvalue weighted by molar-refractivity contribution is 6.03. The quantitative estimate of drug-likeness (QED) is 0.674. The zero-order valence-electron chi connectivity index (χ0n) is 17.3. The average molecular weight is 410 g/mol. The van der Waals surface area contributed by atoms with Crippen molar-refractivity contribution in [2.24, 2.45) is 5.41 Å². The Bertz CT molecular complexity index is 933. The van der Waals surface area contributed by atoms with Crippen LogP contribution in [0.5, 0.6) is 5.75 Å². The molecule has 0 spiro atoms. The van der Waals surface area contributed by atoms with Gasteiger partial charge in [0.25, 0.3) is 0 Å². The Balaban J connectivity index is 1.75. The average Bonchev–Trinajstić information content (AvgIpc) is 2.74. The number of aromatic carboxylic acids is 1. The van der Waals surface area contributed by atoms with Crippen LogP contribution in [0.1, 0.15) is 48.2 Å². The van der Waals surface area contributed by atoms with Gasteiger partial charge in [-0.05, 0) is 49.6 Å². The SMILES string of the molecule is CCC1(CC)C(=O)N(C(=O)NCc2ccc(C)cc2)C1Oc1ccc(C(=O)O)cc1. The fraction of sp³-hybridized carbons (Fsp3) is 0.348. The maximum absolute atomic E-state index is 12.9. The summed E-state index contributed by atoms with van der Waals surface area (Å²) in [6, 6.07) is 13.2. The number of β-lactam (4-membered cyclic amide) rings is 1. The molecule has 0 radical (unpaired) electrons. The van der Waals surface area contributed by atoms with Crippen molar-refractivity contribution in [1.29, 1.82) is 0 Å². The number of hydrogen-bond acceptors (Lipinski definition) is 4. The molecular formula is C23H26N2O5. The number of amides is 3. The van der Waals surface area contributed by atoms with Crippen molar-refractivity contribution in [2.75, 3.05) is 0 Å². The van der Waals surface area contributed by atoms with E-state index in [-0.39, 0.29) is 11.5 Å². The molecule has 0 saturated carbocycles. The molecule has 1 unspecified atom stereocenters. The molecule has 2 aromatic rings. The number of hydrogen-bond donors (Lipinski definition) is 2. The minimum atomic E-state index is -1.03. The van der Waals surface area contributed by atoms with Crippen molar-refractivity contribution in [1.82, 2.24) is 10.2 Å². The van der Waals surface area contributed by atoms with Crippen LogP contribution in [0.4, 0.5) is 4.79 Å². The van der Waals surface area contributed by atoms with Crippen molar-refractivity contribution in [3.63, 3.8) is 0 Å². The summed E-state index contributed by atoms with van der Waals surface area (Å²) in [5, 5.41) is 11.8. The summed E-state index contributed by atoms with van der Waals surface area (Å²) >= 11 is 0. The molecule has 158 valence electrons. The zero-order valence-corrected chi connectivity index (χ0v) is 17.3. The van der Waals surface area contributed by atoms with E-state index in [4.69, 9.17) is 9.84 Å². The van der Waals surface area contributed by atoms with Gasteiger partial charge in [0.05, 0.1) is 5.56 Å². The highest BCUT2D eigenvalue weighted by Gasteiger charge is 2.62. The molecule has 0 aromatic heterocycles. The van der Waals surface area contributed by atoms with Crippen LogP contribution < -0.4 is 10.1 Å². The fourth-order valence-electron chi connectivity index (χ4n) is 3.67. The van der Waals surface area contributed by atoms with Gasteiger partial charge >= 0.3 is 12.0 Å². The first-order valence-corrected chi connectivity index (χ1v) is 9.99. The Morgan fingerprint density at radius 2 is 1.67 bits per heavy atom. The number of carboxylic acid groups (broad SMARTS) is 1. The molecule has 1 fully saturated rings. The molecule has 1 saturated heterocycles. The number of carbonyl (C=O) groups is 3. The van der Waals surface area contributed by atoms with Crippen LogP contribution in [-0.4, -0.2) is 34.1 Å². The van der Waals surface area contributed by atoms with E-state index in [2.05, 4.69) is 5.32 Å². The largest absolute Gasteiger partial charge is 0.478 e. The lowest BCUT2D eigenvalue weighted by atomic mass is 9.72. The van der Waals surface area contributed by atoms with E-state index in [1.54, 1.807) is 0 Å². The van der Waals surface area contributed by atoms with Crippen molar-refractivity contribution in [2.45, 2.75) is 46.4 Å². The van der Waals surface area contributed by atoms with Gasteiger partial charge < -0.3 is 15.2 Å². The van der Waals surface area contributed by atoms with Crippen LogP contribution in [-0.2, 0) is 11.3 Å². The first-order chi connectivity index (χ1) is 14.3. The minimum Gasteiger partial charge on any atom is -0.478 e. The van der Waals surface area contributed by atoms with E-state index in [0.717, 1.165) is 16.0 Å². The van der Waals surface area contributed by atoms with E-state index in [1.165, 1.54) is 24.3 Å². The molecule has 1 atom stereocenters. The van der Waals surface area contributed by atoms with Gasteiger partial charge in [0.2, 0.25) is 5.91 Å². The third-order valence-electron chi connectivity index (χ3n) is 5.75. The molecule has 1 aliphatic heterocycles. The molecule has 7 heteroatoms. The van der Waals surface area contributed by atoms with Gasteiger partial charge in [0.15, 0.2) is 6.23 Å². The fourth-order valence-corrected chi connectivity index (χ4v) is 3.67. The number of carboxylic acids is 1. The lowest BCUT2D eigenvalue weighted by Crippen LogP contribution is -2.73. The third kappa shape index (κ3) is 3.87. The number of imide groups is 1. The number of ether oxygens (including phenoxy) is 1. The Morgan fingerprint density at radius 1 is 1.07 bits per heavy atom. The monoisotopic (exact) mass is 410 g/mol. The van der Waals surface area contributed by atoms with Crippen LogP contribution in [0.3, 0.4) is 0 Å². The molecule has 1 aliphatic rings. The molecule has 30 heavy (non-hydrogen) atoms. The normalized spacial score (nSPS) is 17.2. The van der Waals surface area contributed by atoms with Crippen LogP contribution in [0.25, 0.3) is 0 Å². The highest BCUT2D eigenvalue weighted by Crippen LogP contribution is 2.46. The zero-order chi connectivity index (χ0) is 21.9. The highest BCUT2D eigenvalue weighted by atomic mass is 16.5. The van der Waals surface area contributed by atoms with Gasteiger partial charge in [-0.3, -0.25) is 4.79 Å². The number of benzene rings is 2. The number of likely N-dealkylation sites (tertiary alicyclic amines) is 1. The summed E-state index contributed by atoms with van der Waals surface area (Å²) in [4.78, 5) is 37.8. The van der Waals surface area contributed by atoms with Gasteiger partial charge in [-0.2, -0.15) is 0 Å². The Kier molecular flexibility index (Phi) is 6.10. The summed E-state index contributed by atoms with van der Waals surface area (Å²) in [5.41, 5.74) is 1.41. The topological polar surface area (TPSA) is 95.9 Å². The van der Waals surface area contributed by atoms with Crippen molar-refractivity contribution < 1.29 is 24.2 Å². The van der Waals surface area contributed by atoms with E-state index in [1.807, 2.05) is 45.0 Å². The predicted molar refractivity (Wildman–Crippen MR) is 111 cm³/mol. The smallest absolute Gasteiger partial charge is 0.335 e. The standard InChI is InChI=1S/C23H26N2O5/c1-4-23(5-2)20(28)25(22(29)24-14-16-8-6-15(3)7-9-16)21(23)30-18-12-10-17(11-13-18)19(26)27/h6-13,21H,4-5,14H2,1-3H3,(H,24,29)(H,26,27). The Morgan fingerprint density at radius 3 is 2.20 bits per heavy atom. The number of nitrogens with zero attached hydrogens (tertiary/aromatic N) is 1. The van der Waals surface area contributed by atoms with Gasteiger partial charge in [0.1, 0.15) is 11.2 Å². The van der Waals surface area contributed by atoms with Crippen molar-refractivity contribution in [3.8, 4) is 5.75 Å². The second-order valence-corrected chi connectivity index (χ2v) is 7.48. The molecule has 1 heterocycles. The molecule has 2 N–H and O–H groups in total. The Hall–Kier alpha value is -3.35. The molecule has 3 amide bonds. The maximum atomic E-state index is 12.9. The van der Waals surface area contributed by atoms with Crippen LogP contribution in [0.2, 0.25) is 0 Å². The van der Waals surface area contributed by atoms with Gasteiger partial charge in [-0.25, -0.2) is 14.5 Å². The number of aryl methyl sites for hydroxylation is 1. The first-order valence-electron chi connectivity index (χ1n) is 9.99. The second-order valence-electron chi connectivity index (χ2n) is 7.48. The van der Waals surface area contributed by atoms with Gasteiger partial charge in [0, 0.05) is 6.54 Å². The summed E-state index contributed by atoms with van der Waals surface area (Å²) in [5.74, 6) is -0.893. The lowest BCUT2D eigenvalue weighted by molar-refractivity contribution is -0.190. The number of nitrogens with one attached hydrogen (secondary N) is 1. The number of carbonyl (C=O) groups excluding carboxylic acids is 2. The molecule has 7 nitrogen and oxygen atoms in total. The van der Waals surface area contributed by atoms with Crippen LogP contribution in [0, 0.1) is 12.3 Å². The summed E-state index contributed by atoms with van der Waals surface area (Å²) < 4.78 is 6.01. The Labute approximate surface area is 175 Å². The number of urea groups is 1. The molecule has 2 aromatic carbocycles. The summed E-state index contributed by atoms with van der Waals surface area (Å²) in [6.45, 7) is 6.08. The second kappa shape index (κ2) is 8.57. The third-order valence-corrected chi connectivity index (χ3v) is 5.75. The van der Waals surface area contributed by atoms with Crippen LogP contribution >= 0.6 is 0 Å². The van der Waals surface area contributed by atoms with E-state index in [0.29, 0.717) is 25.1 Å². The van der Waals surface area contributed by atoms with Gasteiger partial charge in [-0.1, -0.05) is 43.7 Å². The van der Waals surface area contributed by atoms with Crippen molar-refractivity contribution in [3.05, 3.63) is 65.2 Å². The summed E-state index contributed by atoms with van der Waals surface area (Å²) in [6.07, 6.45) is 0.304. The van der Waals surface area contributed by atoms with Crippen LogP contribution in [0.15, 0.2) is 48.5 Å². The molecule has 3 rings (SSSR count). The van der Waals surface area contributed by atoms with E-state index < -0.39 is 23.6 Å². The summed E-state index contributed by atoms with van der Waals surface area (Å²) in [7, 11) is 0. The molecule has 0 aliphatic carbocycles.